The van der Waals surface area contributed by atoms with E-state index >= 15 is 0 Å². The zero-order valence-corrected chi connectivity index (χ0v) is 17.7. The highest BCUT2D eigenvalue weighted by Gasteiger charge is 2.47. The number of halogens is 1. The summed E-state index contributed by atoms with van der Waals surface area (Å²) in [6.07, 6.45) is 3.09. The van der Waals surface area contributed by atoms with Crippen molar-refractivity contribution < 1.29 is 14.0 Å². The molecule has 0 bridgehead atoms. The standard InChI is InChI=1S/C25H29FN2O2/c1-17-12-22(17)23(29)28-11-5-10-25(16-28,24(30)27-2)15-18-6-3-7-19(13-18)20-8-4-9-21(26)14-20/h3-4,6-9,13-14,17,22H,5,10-12,15-16H2,1-2H3,(H,27,30)/t17-,22-,25-/m0/s1. The van der Waals surface area contributed by atoms with Gasteiger partial charge in [-0.15, -0.1) is 0 Å². The van der Waals surface area contributed by atoms with E-state index in [4.69, 9.17) is 0 Å². The van der Waals surface area contributed by atoms with Gasteiger partial charge in [0.1, 0.15) is 5.82 Å². The van der Waals surface area contributed by atoms with Crippen LogP contribution in [0.3, 0.4) is 0 Å². The Labute approximate surface area is 177 Å². The molecule has 0 aromatic heterocycles. The van der Waals surface area contributed by atoms with Gasteiger partial charge in [0.25, 0.3) is 0 Å². The van der Waals surface area contributed by atoms with Gasteiger partial charge in [-0.1, -0.05) is 43.3 Å². The van der Waals surface area contributed by atoms with Gasteiger partial charge >= 0.3 is 0 Å². The second-order valence-corrected chi connectivity index (χ2v) is 8.93. The lowest BCUT2D eigenvalue weighted by atomic mass is 9.74. The highest BCUT2D eigenvalue weighted by atomic mass is 19.1. The monoisotopic (exact) mass is 408 g/mol. The number of piperidine rings is 1. The summed E-state index contributed by atoms with van der Waals surface area (Å²) in [4.78, 5) is 27.8. The number of nitrogens with one attached hydrogen (secondary N) is 1. The topological polar surface area (TPSA) is 49.4 Å². The Bertz CT molecular complexity index is 960. The Kier molecular flexibility index (Phi) is 5.63. The molecular weight excluding hydrogens is 379 g/mol. The minimum Gasteiger partial charge on any atom is -0.359 e. The molecule has 2 amide bonds. The molecule has 2 aromatic rings. The molecule has 1 N–H and O–H groups in total. The lowest BCUT2D eigenvalue weighted by Crippen LogP contribution is -2.54. The number of amides is 2. The Morgan fingerprint density at radius 1 is 1.17 bits per heavy atom. The van der Waals surface area contributed by atoms with Crippen molar-refractivity contribution in [2.75, 3.05) is 20.1 Å². The molecule has 0 unspecified atom stereocenters. The van der Waals surface area contributed by atoms with E-state index in [0.29, 0.717) is 18.9 Å². The molecule has 2 aliphatic rings. The number of nitrogens with zero attached hydrogens (tertiary/aromatic N) is 1. The van der Waals surface area contributed by atoms with Crippen molar-refractivity contribution in [3.05, 3.63) is 59.9 Å². The van der Waals surface area contributed by atoms with Crippen LogP contribution in [0.1, 0.15) is 31.7 Å². The first-order valence-electron chi connectivity index (χ1n) is 10.8. The van der Waals surface area contributed by atoms with Crippen LogP contribution in [0.15, 0.2) is 48.5 Å². The van der Waals surface area contributed by atoms with E-state index in [9.17, 15) is 14.0 Å². The Morgan fingerprint density at radius 2 is 1.87 bits per heavy atom. The second-order valence-electron chi connectivity index (χ2n) is 8.93. The van der Waals surface area contributed by atoms with Gasteiger partial charge in [-0.05, 0) is 60.4 Å². The van der Waals surface area contributed by atoms with Crippen LogP contribution in [-0.4, -0.2) is 36.9 Å². The van der Waals surface area contributed by atoms with Crippen LogP contribution in [0.2, 0.25) is 0 Å². The van der Waals surface area contributed by atoms with E-state index in [1.165, 1.54) is 12.1 Å². The van der Waals surface area contributed by atoms with Crippen LogP contribution in [0.4, 0.5) is 4.39 Å². The summed E-state index contributed by atoms with van der Waals surface area (Å²) >= 11 is 0. The van der Waals surface area contributed by atoms with Gasteiger partial charge in [0.2, 0.25) is 11.8 Å². The molecule has 1 heterocycles. The van der Waals surface area contributed by atoms with E-state index in [0.717, 1.165) is 42.5 Å². The van der Waals surface area contributed by atoms with Crippen molar-refractivity contribution in [1.82, 2.24) is 10.2 Å². The maximum Gasteiger partial charge on any atom is 0.228 e. The number of benzene rings is 2. The molecule has 1 aliphatic heterocycles. The third-order valence-corrected chi connectivity index (χ3v) is 6.65. The summed E-state index contributed by atoms with van der Waals surface area (Å²) in [5.74, 6) is 0.498. The molecule has 0 radical (unpaired) electrons. The fraction of sp³-hybridized carbons (Fsp3) is 0.440. The molecule has 5 heteroatoms. The highest BCUT2D eigenvalue weighted by molar-refractivity contribution is 5.86. The number of likely N-dealkylation sites (tertiary alicyclic amines) is 1. The maximum absolute atomic E-state index is 13.7. The zero-order valence-electron chi connectivity index (χ0n) is 17.7. The molecular formula is C25H29FN2O2. The zero-order chi connectivity index (χ0) is 21.3. The summed E-state index contributed by atoms with van der Waals surface area (Å²) in [6, 6.07) is 14.5. The fourth-order valence-corrected chi connectivity index (χ4v) is 4.82. The molecule has 0 spiro atoms. The smallest absolute Gasteiger partial charge is 0.228 e. The number of rotatable bonds is 5. The largest absolute Gasteiger partial charge is 0.359 e. The van der Waals surface area contributed by atoms with Gasteiger partial charge < -0.3 is 10.2 Å². The number of carbonyl (C=O) groups excluding carboxylic acids is 2. The lowest BCUT2D eigenvalue weighted by molar-refractivity contribution is -0.142. The molecule has 1 saturated carbocycles. The van der Waals surface area contributed by atoms with Crippen molar-refractivity contribution in [1.29, 1.82) is 0 Å². The second kappa shape index (κ2) is 8.21. The van der Waals surface area contributed by atoms with Crippen LogP contribution in [0.25, 0.3) is 11.1 Å². The van der Waals surface area contributed by atoms with Crippen molar-refractivity contribution in [3.63, 3.8) is 0 Å². The maximum atomic E-state index is 13.7. The van der Waals surface area contributed by atoms with Crippen LogP contribution in [0.5, 0.6) is 0 Å². The first kappa shape index (κ1) is 20.6. The Hall–Kier alpha value is -2.69. The third kappa shape index (κ3) is 4.11. The molecule has 4 rings (SSSR count). The SMILES string of the molecule is CNC(=O)[C@]1(Cc2cccc(-c3cccc(F)c3)c2)CCCN(C(=O)[C@H]2C[C@@H]2C)C1. The molecule has 30 heavy (non-hydrogen) atoms. The van der Waals surface area contributed by atoms with Crippen molar-refractivity contribution in [2.45, 2.75) is 32.6 Å². The molecule has 1 saturated heterocycles. The van der Waals surface area contributed by atoms with Crippen molar-refractivity contribution in [3.8, 4) is 11.1 Å². The van der Waals surface area contributed by atoms with E-state index in [1.54, 1.807) is 13.1 Å². The normalized spacial score (nSPS) is 25.6. The van der Waals surface area contributed by atoms with Crippen molar-refractivity contribution >= 4 is 11.8 Å². The lowest BCUT2D eigenvalue weighted by Gasteiger charge is -2.42. The van der Waals surface area contributed by atoms with Gasteiger partial charge in [0, 0.05) is 26.1 Å². The summed E-state index contributed by atoms with van der Waals surface area (Å²) in [7, 11) is 1.66. The molecule has 2 aromatic carbocycles. The summed E-state index contributed by atoms with van der Waals surface area (Å²) < 4.78 is 13.7. The quantitative estimate of drug-likeness (QED) is 0.812. The molecule has 2 fully saturated rings. The summed E-state index contributed by atoms with van der Waals surface area (Å²) in [5.41, 5.74) is 2.12. The average molecular weight is 409 g/mol. The van der Waals surface area contributed by atoms with E-state index in [1.807, 2.05) is 35.2 Å². The van der Waals surface area contributed by atoms with Gasteiger partial charge in [-0.3, -0.25) is 9.59 Å². The fourth-order valence-electron chi connectivity index (χ4n) is 4.82. The summed E-state index contributed by atoms with van der Waals surface area (Å²) in [5, 5.41) is 2.84. The van der Waals surface area contributed by atoms with Crippen LogP contribution >= 0.6 is 0 Å². The number of hydrogen-bond acceptors (Lipinski definition) is 2. The first-order valence-corrected chi connectivity index (χ1v) is 10.8. The predicted molar refractivity (Wildman–Crippen MR) is 115 cm³/mol. The van der Waals surface area contributed by atoms with E-state index in [-0.39, 0.29) is 23.5 Å². The minimum absolute atomic E-state index is 0.0139. The van der Waals surface area contributed by atoms with E-state index < -0.39 is 5.41 Å². The molecule has 1 aliphatic carbocycles. The molecule has 3 atom stereocenters. The van der Waals surface area contributed by atoms with Gasteiger partial charge in [-0.25, -0.2) is 4.39 Å². The Morgan fingerprint density at radius 3 is 2.53 bits per heavy atom. The minimum atomic E-state index is -0.638. The van der Waals surface area contributed by atoms with Crippen LogP contribution < -0.4 is 5.32 Å². The highest BCUT2D eigenvalue weighted by Crippen LogP contribution is 2.42. The summed E-state index contributed by atoms with van der Waals surface area (Å²) in [6.45, 7) is 3.29. The van der Waals surface area contributed by atoms with Crippen molar-refractivity contribution in [2.24, 2.45) is 17.3 Å². The van der Waals surface area contributed by atoms with Gasteiger partial charge in [0.05, 0.1) is 5.41 Å². The van der Waals surface area contributed by atoms with E-state index in [2.05, 4.69) is 12.2 Å². The van der Waals surface area contributed by atoms with Crippen LogP contribution in [0, 0.1) is 23.1 Å². The molecule has 158 valence electrons. The number of carbonyl (C=O) groups is 2. The number of hydrogen-bond donors (Lipinski definition) is 1. The first-order chi connectivity index (χ1) is 14.4. The Balaban J connectivity index is 1.60. The third-order valence-electron chi connectivity index (χ3n) is 6.65. The van der Waals surface area contributed by atoms with Crippen LogP contribution in [-0.2, 0) is 16.0 Å². The molecule has 4 nitrogen and oxygen atoms in total. The van der Waals surface area contributed by atoms with Gasteiger partial charge in [-0.2, -0.15) is 0 Å². The van der Waals surface area contributed by atoms with Gasteiger partial charge in [0.15, 0.2) is 0 Å². The predicted octanol–water partition coefficient (Wildman–Crippen LogP) is 4.05. The average Bonchev–Trinajstić information content (AvgIpc) is 3.49.